The van der Waals surface area contributed by atoms with Crippen LogP contribution in [0.25, 0.3) is 33.4 Å². The Balaban J connectivity index is 1.86. The molecule has 4 aromatic rings. The third kappa shape index (κ3) is 3.12. The summed E-state index contributed by atoms with van der Waals surface area (Å²) in [5.74, 6) is 0. The summed E-state index contributed by atoms with van der Waals surface area (Å²) in [6.07, 6.45) is 0. The summed E-state index contributed by atoms with van der Waals surface area (Å²) >= 11 is 0. The molecule has 0 heterocycles. The van der Waals surface area contributed by atoms with Crippen molar-refractivity contribution in [2.24, 2.45) is 0 Å². The molecule has 0 spiro atoms. The fraction of sp³-hybridized carbons (Fsp3) is 0.0400. The quantitative estimate of drug-likeness (QED) is 0.381. The van der Waals surface area contributed by atoms with Crippen LogP contribution in [-0.4, -0.2) is 0 Å². The highest BCUT2D eigenvalue weighted by Crippen LogP contribution is 2.35. The maximum absolute atomic E-state index is 2.28. The average molecular weight is 320 g/mol. The number of hydrogen-bond acceptors (Lipinski definition) is 0. The van der Waals surface area contributed by atoms with Crippen molar-refractivity contribution in [3.05, 3.63) is 109 Å². The molecule has 0 aromatic heterocycles. The predicted octanol–water partition coefficient (Wildman–Crippen LogP) is 7.00. The molecule has 0 radical (unpaired) electrons. The second kappa shape index (κ2) is 6.78. The van der Waals surface area contributed by atoms with E-state index in [4.69, 9.17) is 0 Å². The predicted molar refractivity (Wildman–Crippen MR) is 107 cm³/mol. The normalized spacial score (nSPS) is 10.6. The first-order valence-electron chi connectivity index (χ1n) is 8.64. The van der Waals surface area contributed by atoms with Crippen molar-refractivity contribution >= 4 is 0 Å². The first-order valence-corrected chi connectivity index (χ1v) is 8.64. The van der Waals surface area contributed by atoms with Gasteiger partial charge in [0.2, 0.25) is 0 Å². The molecule has 0 unspecified atom stereocenters. The first-order chi connectivity index (χ1) is 12.3. The van der Waals surface area contributed by atoms with Crippen LogP contribution in [0.1, 0.15) is 5.56 Å². The summed E-state index contributed by atoms with van der Waals surface area (Å²) < 4.78 is 0. The second-order valence-corrected chi connectivity index (χ2v) is 6.31. The molecule has 0 bridgehead atoms. The molecule has 0 aliphatic carbocycles. The van der Waals surface area contributed by atoms with Gasteiger partial charge in [-0.25, -0.2) is 0 Å². The van der Waals surface area contributed by atoms with E-state index in [1.165, 1.54) is 38.9 Å². The Morgan fingerprint density at radius 1 is 0.400 bits per heavy atom. The van der Waals surface area contributed by atoms with E-state index in [9.17, 15) is 0 Å². The SMILES string of the molecule is Cc1ccccc1-c1ccccc1-c1cccc(-c2ccccc2)c1. The van der Waals surface area contributed by atoms with Crippen molar-refractivity contribution in [3.63, 3.8) is 0 Å². The Morgan fingerprint density at radius 3 is 1.72 bits per heavy atom. The summed E-state index contributed by atoms with van der Waals surface area (Å²) in [5.41, 5.74) is 8.90. The van der Waals surface area contributed by atoms with E-state index < -0.39 is 0 Å². The highest BCUT2D eigenvalue weighted by atomic mass is 14.1. The topological polar surface area (TPSA) is 0 Å². The molecule has 25 heavy (non-hydrogen) atoms. The molecule has 0 N–H and O–H groups in total. The van der Waals surface area contributed by atoms with E-state index in [-0.39, 0.29) is 0 Å². The summed E-state index contributed by atoms with van der Waals surface area (Å²) in [6, 6.07) is 36.6. The molecule has 120 valence electrons. The fourth-order valence-electron chi connectivity index (χ4n) is 3.34. The van der Waals surface area contributed by atoms with Crippen molar-refractivity contribution < 1.29 is 0 Å². The molecule has 0 amide bonds. The lowest BCUT2D eigenvalue weighted by atomic mass is 9.91. The number of aryl methyl sites for hydroxylation is 1. The van der Waals surface area contributed by atoms with Gasteiger partial charge >= 0.3 is 0 Å². The van der Waals surface area contributed by atoms with Gasteiger partial charge in [0.25, 0.3) is 0 Å². The van der Waals surface area contributed by atoms with E-state index in [1.807, 2.05) is 0 Å². The van der Waals surface area contributed by atoms with E-state index in [0.29, 0.717) is 0 Å². The summed E-state index contributed by atoms with van der Waals surface area (Å²) in [6.45, 7) is 2.17. The van der Waals surface area contributed by atoms with Crippen LogP contribution in [0, 0.1) is 6.92 Å². The van der Waals surface area contributed by atoms with Crippen LogP contribution in [0.2, 0.25) is 0 Å². The Kier molecular flexibility index (Phi) is 4.18. The third-order valence-electron chi connectivity index (χ3n) is 4.64. The van der Waals surface area contributed by atoms with Crippen molar-refractivity contribution in [2.75, 3.05) is 0 Å². The van der Waals surface area contributed by atoms with E-state index in [1.54, 1.807) is 0 Å². The molecule has 0 nitrogen and oxygen atoms in total. The Bertz CT molecular complexity index is 997. The van der Waals surface area contributed by atoms with Crippen molar-refractivity contribution in [3.8, 4) is 33.4 Å². The van der Waals surface area contributed by atoms with Gasteiger partial charge in [-0.1, -0.05) is 97.1 Å². The fourth-order valence-corrected chi connectivity index (χ4v) is 3.34. The molecule has 0 saturated carbocycles. The maximum Gasteiger partial charge on any atom is -0.0103 e. The zero-order valence-corrected chi connectivity index (χ0v) is 14.3. The van der Waals surface area contributed by atoms with Gasteiger partial charge in [-0.15, -0.1) is 0 Å². The van der Waals surface area contributed by atoms with Gasteiger partial charge in [-0.2, -0.15) is 0 Å². The third-order valence-corrected chi connectivity index (χ3v) is 4.64. The minimum absolute atomic E-state index is 1.25. The number of benzene rings is 4. The minimum atomic E-state index is 1.25. The zero-order chi connectivity index (χ0) is 17.1. The number of rotatable bonds is 3. The van der Waals surface area contributed by atoms with Crippen LogP contribution in [0.3, 0.4) is 0 Å². The van der Waals surface area contributed by atoms with Crippen LogP contribution < -0.4 is 0 Å². The zero-order valence-electron chi connectivity index (χ0n) is 14.3. The standard InChI is InChI=1S/C25H20/c1-19-10-5-6-15-23(19)25-17-8-7-16-24(25)22-14-9-13-21(18-22)20-11-3-2-4-12-20/h2-18H,1H3. The van der Waals surface area contributed by atoms with Crippen molar-refractivity contribution in [1.29, 1.82) is 0 Å². The summed E-state index contributed by atoms with van der Waals surface area (Å²) in [7, 11) is 0. The molecular formula is C25H20. The van der Waals surface area contributed by atoms with Crippen LogP contribution in [0.15, 0.2) is 103 Å². The van der Waals surface area contributed by atoms with Gasteiger partial charge in [0.05, 0.1) is 0 Å². The maximum atomic E-state index is 2.28. The minimum Gasteiger partial charge on any atom is -0.0622 e. The molecule has 4 rings (SSSR count). The van der Waals surface area contributed by atoms with Gasteiger partial charge < -0.3 is 0 Å². The van der Waals surface area contributed by atoms with E-state index >= 15 is 0 Å². The van der Waals surface area contributed by atoms with E-state index in [0.717, 1.165) is 0 Å². The first kappa shape index (κ1) is 15.4. The lowest BCUT2D eigenvalue weighted by molar-refractivity contribution is 1.45. The van der Waals surface area contributed by atoms with Crippen LogP contribution >= 0.6 is 0 Å². The molecule has 0 aliphatic heterocycles. The van der Waals surface area contributed by atoms with Crippen LogP contribution in [0.4, 0.5) is 0 Å². The molecule has 0 atom stereocenters. The Hall–Kier alpha value is -3.12. The van der Waals surface area contributed by atoms with Gasteiger partial charge in [-0.3, -0.25) is 0 Å². The molecule has 0 aliphatic rings. The van der Waals surface area contributed by atoms with Gasteiger partial charge in [0, 0.05) is 0 Å². The average Bonchev–Trinajstić information content (AvgIpc) is 2.69. The van der Waals surface area contributed by atoms with Crippen molar-refractivity contribution in [2.45, 2.75) is 6.92 Å². The largest absolute Gasteiger partial charge is 0.0622 e. The molecule has 4 aromatic carbocycles. The molecular weight excluding hydrogens is 300 g/mol. The highest BCUT2D eigenvalue weighted by molar-refractivity contribution is 5.86. The Labute approximate surface area is 149 Å². The smallest absolute Gasteiger partial charge is 0.0103 e. The van der Waals surface area contributed by atoms with E-state index in [2.05, 4.69) is 110 Å². The van der Waals surface area contributed by atoms with Crippen LogP contribution in [0.5, 0.6) is 0 Å². The van der Waals surface area contributed by atoms with Crippen LogP contribution in [-0.2, 0) is 0 Å². The molecule has 0 heteroatoms. The molecule has 0 saturated heterocycles. The lowest BCUT2D eigenvalue weighted by Gasteiger charge is -2.13. The Morgan fingerprint density at radius 2 is 0.960 bits per heavy atom. The monoisotopic (exact) mass is 320 g/mol. The second-order valence-electron chi connectivity index (χ2n) is 6.31. The lowest BCUT2D eigenvalue weighted by Crippen LogP contribution is -1.88. The van der Waals surface area contributed by atoms with Gasteiger partial charge in [-0.05, 0) is 51.9 Å². The number of hydrogen-bond donors (Lipinski definition) is 0. The summed E-state index contributed by atoms with van der Waals surface area (Å²) in [5, 5.41) is 0. The summed E-state index contributed by atoms with van der Waals surface area (Å²) in [4.78, 5) is 0. The van der Waals surface area contributed by atoms with Crippen molar-refractivity contribution in [1.82, 2.24) is 0 Å². The van der Waals surface area contributed by atoms with Gasteiger partial charge in [0.1, 0.15) is 0 Å². The highest BCUT2D eigenvalue weighted by Gasteiger charge is 2.09. The molecule has 0 fully saturated rings. The van der Waals surface area contributed by atoms with Gasteiger partial charge in [0.15, 0.2) is 0 Å².